The van der Waals surface area contributed by atoms with Crippen molar-refractivity contribution in [2.24, 2.45) is 16.9 Å². The van der Waals surface area contributed by atoms with Gasteiger partial charge in [0.1, 0.15) is 5.82 Å². The number of halogens is 4. The third kappa shape index (κ3) is 4.14. The Morgan fingerprint density at radius 1 is 1.27 bits per heavy atom. The highest BCUT2D eigenvalue weighted by Gasteiger charge is 2.41. The number of hydrazone groups is 1. The lowest BCUT2D eigenvalue weighted by Gasteiger charge is -2.32. The van der Waals surface area contributed by atoms with E-state index in [1.807, 2.05) is 6.92 Å². The Morgan fingerprint density at radius 3 is 2.62 bits per heavy atom. The molecule has 1 aromatic carbocycles. The van der Waals surface area contributed by atoms with Gasteiger partial charge in [-0.25, -0.2) is 19.6 Å². The molecular weight excluding hydrogens is 352 g/mol. The second-order valence-electron chi connectivity index (χ2n) is 6.76. The van der Waals surface area contributed by atoms with E-state index in [0.717, 1.165) is 11.1 Å². The summed E-state index contributed by atoms with van der Waals surface area (Å²) in [5, 5.41) is 5.58. The van der Waals surface area contributed by atoms with Crippen molar-refractivity contribution in [3.8, 4) is 0 Å². The van der Waals surface area contributed by atoms with Crippen LogP contribution in [0.25, 0.3) is 0 Å². The monoisotopic (exact) mass is 372 g/mol. The average molecular weight is 372 g/mol. The Hall–Kier alpha value is -2.16. The number of carbonyl (C=O) groups excluding carboxylic acids is 1. The summed E-state index contributed by atoms with van der Waals surface area (Å²) in [6.45, 7) is 2.19. The van der Waals surface area contributed by atoms with Crippen LogP contribution in [0.2, 0.25) is 0 Å². The lowest BCUT2D eigenvalue weighted by molar-refractivity contribution is -0.186. The molecule has 142 valence electrons. The normalized spacial score (nSPS) is 23.1. The third-order valence-corrected chi connectivity index (χ3v) is 4.83. The van der Waals surface area contributed by atoms with Crippen molar-refractivity contribution < 1.29 is 22.4 Å². The van der Waals surface area contributed by atoms with Crippen LogP contribution in [0, 0.1) is 17.7 Å². The van der Waals surface area contributed by atoms with E-state index in [9.17, 15) is 22.4 Å². The van der Waals surface area contributed by atoms with E-state index in [1.54, 1.807) is 6.07 Å². The molecule has 2 amide bonds. The zero-order chi connectivity index (χ0) is 18.9. The zero-order valence-electron chi connectivity index (χ0n) is 14.2. The number of nitrogens with zero attached hydrogens (tertiary/aromatic N) is 2. The quantitative estimate of drug-likeness (QED) is 0.619. The van der Waals surface area contributed by atoms with E-state index in [2.05, 4.69) is 16.0 Å². The summed E-state index contributed by atoms with van der Waals surface area (Å²) in [6.07, 6.45) is -3.64. The number of hydrogen-bond donors (Lipinski definition) is 2. The molecule has 1 unspecified atom stereocenters. The Kier molecular flexibility index (Phi) is 5.17. The number of hydrazine groups is 1. The fourth-order valence-electron chi connectivity index (χ4n) is 3.44. The number of rotatable bonds is 2. The van der Waals surface area contributed by atoms with Gasteiger partial charge in [-0.05, 0) is 43.0 Å². The molecule has 1 aliphatic carbocycles. The first kappa shape index (κ1) is 18.6. The summed E-state index contributed by atoms with van der Waals surface area (Å²) in [6, 6.07) is 3.83. The number of nitrogens with one attached hydrogen (secondary N) is 2. The molecular formula is C17H20F4N4O. The molecule has 1 atom stereocenters. The number of piperidine rings is 1. The molecule has 26 heavy (non-hydrogen) atoms. The summed E-state index contributed by atoms with van der Waals surface area (Å²) in [7, 11) is 0. The lowest BCUT2D eigenvalue weighted by Crippen LogP contribution is -2.50. The van der Waals surface area contributed by atoms with Crippen LogP contribution >= 0.6 is 0 Å². The van der Waals surface area contributed by atoms with Crippen LogP contribution in [0.1, 0.15) is 30.9 Å². The summed E-state index contributed by atoms with van der Waals surface area (Å²) in [5.74, 6) is -1.60. The molecule has 2 N–H and O–H groups in total. The van der Waals surface area contributed by atoms with Gasteiger partial charge in [0.25, 0.3) is 0 Å². The first-order valence-electron chi connectivity index (χ1n) is 8.48. The van der Waals surface area contributed by atoms with Crippen LogP contribution in [-0.2, 0) is 6.42 Å². The molecule has 0 saturated carbocycles. The average Bonchev–Trinajstić information content (AvgIpc) is 2.87. The first-order chi connectivity index (χ1) is 12.2. The van der Waals surface area contributed by atoms with Gasteiger partial charge in [-0.1, -0.05) is 6.92 Å². The second-order valence-corrected chi connectivity index (χ2v) is 6.76. The molecule has 0 aromatic heterocycles. The number of hydrogen-bond acceptors (Lipinski definition) is 3. The Labute approximate surface area is 148 Å². The van der Waals surface area contributed by atoms with E-state index in [0.29, 0.717) is 12.1 Å². The van der Waals surface area contributed by atoms with Crippen LogP contribution in [0.3, 0.4) is 0 Å². The largest absolute Gasteiger partial charge is 0.391 e. The summed E-state index contributed by atoms with van der Waals surface area (Å²) < 4.78 is 51.2. The summed E-state index contributed by atoms with van der Waals surface area (Å²) in [5.41, 5.74) is 7.19. The number of benzene rings is 1. The van der Waals surface area contributed by atoms with Crippen LogP contribution in [0.15, 0.2) is 23.3 Å². The van der Waals surface area contributed by atoms with Crippen LogP contribution in [0.5, 0.6) is 0 Å². The van der Waals surface area contributed by atoms with Gasteiger partial charge in [-0.3, -0.25) is 5.43 Å². The van der Waals surface area contributed by atoms with Crippen molar-refractivity contribution in [2.45, 2.75) is 32.4 Å². The van der Waals surface area contributed by atoms with E-state index >= 15 is 0 Å². The molecule has 2 aliphatic rings. The molecule has 5 nitrogen and oxygen atoms in total. The van der Waals surface area contributed by atoms with Crippen LogP contribution in [0.4, 0.5) is 22.4 Å². The standard InChI is InChI=1S/C17H20F4N4O/c1-10-8-11-9-13(18)2-3-14(11)15(10)22-23-16(26)24-25-6-4-12(5-7-25)17(19,20)21/h2-3,9-10,12H,4-8H2,1H3,(H2,23,24,26). The van der Waals surface area contributed by atoms with Crippen LogP contribution in [-0.4, -0.2) is 36.0 Å². The Bertz CT molecular complexity index is 711. The molecule has 1 fully saturated rings. The van der Waals surface area contributed by atoms with Gasteiger partial charge in [0, 0.05) is 24.6 Å². The fraction of sp³-hybridized carbons (Fsp3) is 0.529. The molecule has 1 aliphatic heterocycles. The van der Waals surface area contributed by atoms with Gasteiger partial charge in [0.05, 0.1) is 11.6 Å². The molecule has 0 spiro atoms. The number of carbonyl (C=O) groups is 1. The smallest absolute Gasteiger partial charge is 0.269 e. The van der Waals surface area contributed by atoms with Crippen molar-refractivity contribution in [1.29, 1.82) is 0 Å². The minimum Gasteiger partial charge on any atom is -0.269 e. The topological polar surface area (TPSA) is 56.7 Å². The minimum absolute atomic E-state index is 0.0367. The van der Waals surface area contributed by atoms with Crippen molar-refractivity contribution >= 4 is 11.7 Å². The number of urea groups is 1. The highest BCUT2D eigenvalue weighted by molar-refractivity contribution is 6.06. The fourth-order valence-corrected chi connectivity index (χ4v) is 3.44. The van der Waals surface area contributed by atoms with E-state index < -0.39 is 18.1 Å². The van der Waals surface area contributed by atoms with Crippen molar-refractivity contribution in [3.05, 3.63) is 35.1 Å². The second kappa shape index (κ2) is 7.22. The van der Waals surface area contributed by atoms with Crippen molar-refractivity contribution in [3.63, 3.8) is 0 Å². The molecule has 1 heterocycles. The van der Waals surface area contributed by atoms with Crippen LogP contribution < -0.4 is 10.9 Å². The number of fused-ring (bicyclic) bond motifs is 1. The van der Waals surface area contributed by atoms with Crippen molar-refractivity contribution in [1.82, 2.24) is 15.9 Å². The molecule has 0 radical (unpaired) electrons. The summed E-state index contributed by atoms with van der Waals surface area (Å²) >= 11 is 0. The van der Waals surface area contributed by atoms with Gasteiger partial charge >= 0.3 is 12.2 Å². The SMILES string of the molecule is CC1Cc2cc(F)ccc2C1=NNC(=O)NN1CCC(C(F)(F)F)CC1. The zero-order valence-corrected chi connectivity index (χ0v) is 14.2. The third-order valence-electron chi connectivity index (χ3n) is 4.83. The predicted molar refractivity (Wildman–Crippen MR) is 87.8 cm³/mol. The highest BCUT2D eigenvalue weighted by Crippen LogP contribution is 2.33. The van der Waals surface area contributed by atoms with Gasteiger partial charge in [-0.2, -0.15) is 18.3 Å². The first-order valence-corrected chi connectivity index (χ1v) is 8.48. The number of amides is 2. The molecule has 3 rings (SSSR count). The maximum Gasteiger partial charge on any atom is 0.391 e. The maximum atomic E-state index is 13.3. The highest BCUT2D eigenvalue weighted by atomic mass is 19.4. The van der Waals surface area contributed by atoms with Gasteiger partial charge in [0.2, 0.25) is 0 Å². The van der Waals surface area contributed by atoms with Gasteiger partial charge < -0.3 is 0 Å². The van der Waals surface area contributed by atoms with Crippen molar-refractivity contribution in [2.75, 3.05) is 13.1 Å². The number of alkyl halides is 3. The maximum absolute atomic E-state index is 13.3. The van der Waals surface area contributed by atoms with Gasteiger partial charge in [0.15, 0.2) is 0 Å². The van der Waals surface area contributed by atoms with Gasteiger partial charge in [-0.15, -0.1) is 0 Å². The molecule has 1 saturated heterocycles. The Balaban J connectivity index is 1.54. The van der Waals surface area contributed by atoms with E-state index in [-0.39, 0.29) is 37.7 Å². The lowest BCUT2D eigenvalue weighted by atomic mass is 9.97. The molecule has 1 aromatic rings. The van der Waals surface area contributed by atoms with E-state index in [1.165, 1.54) is 17.1 Å². The van der Waals surface area contributed by atoms with E-state index in [4.69, 9.17) is 0 Å². The molecule has 0 bridgehead atoms. The Morgan fingerprint density at radius 2 is 1.96 bits per heavy atom. The predicted octanol–water partition coefficient (Wildman–Crippen LogP) is 3.21. The minimum atomic E-state index is -4.19. The molecule has 9 heteroatoms. The summed E-state index contributed by atoms with van der Waals surface area (Å²) in [4.78, 5) is 12.0.